The summed E-state index contributed by atoms with van der Waals surface area (Å²) in [5, 5.41) is 14.2. The van der Waals surface area contributed by atoms with Crippen molar-refractivity contribution in [1.29, 1.82) is 0 Å². The van der Waals surface area contributed by atoms with Crippen LogP contribution in [0.2, 0.25) is 5.02 Å². The molecule has 8 nitrogen and oxygen atoms in total. The Labute approximate surface area is 206 Å². The molecule has 13 heteroatoms. The monoisotopic (exact) mass is 523 g/mol. The second-order valence-corrected chi connectivity index (χ2v) is 7.91. The highest BCUT2D eigenvalue weighted by molar-refractivity contribution is 6.32. The summed E-state index contributed by atoms with van der Waals surface area (Å²) in [6.45, 7) is -1.31. The Morgan fingerprint density at radius 2 is 1.94 bits per heavy atom. The van der Waals surface area contributed by atoms with Gasteiger partial charge in [0.25, 0.3) is 5.91 Å². The van der Waals surface area contributed by atoms with Crippen LogP contribution in [0.1, 0.15) is 10.4 Å². The van der Waals surface area contributed by atoms with Crippen molar-refractivity contribution in [3.05, 3.63) is 71.4 Å². The Hall–Kier alpha value is -3.90. The summed E-state index contributed by atoms with van der Waals surface area (Å²) >= 11 is 6.34. The topological polar surface area (TPSA) is 101 Å². The van der Waals surface area contributed by atoms with Crippen molar-refractivity contribution in [2.24, 2.45) is 0 Å². The number of aromatic nitrogens is 3. The summed E-state index contributed by atoms with van der Waals surface area (Å²) in [6, 6.07) is 9.59. The number of aliphatic hydroxyl groups is 1. The highest BCUT2D eigenvalue weighted by atomic mass is 35.5. The predicted molar refractivity (Wildman–Crippen MR) is 124 cm³/mol. The minimum atomic E-state index is -4.64. The van der Waals surface area contributed by atoms with Crippen LogP contribution in [0.4, 0.5) is 29.1 Å². The lowest BCUT2D eigenvalue weighted by Crippen LogP contribution is -2.34. The van der Waals surface area contributed by atoms with Gasteiger partial charge in [-0.15, -0.1) is 0 Å². The van der Waals surface area contributed by atoms with E-state index in [-0.39, 0.29) is 23.1 Å². The first-order valence-electron chi connectivity index (χ1n) is 10.4. The predicted octanol–water partition coefficient (Wildman–Crippen LogP) is 5.04. The number of rotatable bonds is 8. The van der Waals surface area contributed by atoms with Gasteiger partial charge in [0, 0.05) is 18.4 Å². The minimum Gasteiger partial charge on any atom is -0.456 e. The van der Waals surface area contributed by atoms with Crippen LogP contribution in [0.25, 0.3) is 11.0 Å². The molecule has 0 fully saturated rings. The van der Waals surface area contributed by atoms with Crippen molar-refractivity contribution in [1.82, 2.24) is 19.9 Å². The lowest BCUT2D eigenvalue weighted by Gasteiger charge is -2.13. The quantitative estimate of drug-likeness (QED) is 0.280. The van der Waals surface area contributed by atoms with Crippen LogP contribution < -0.4 is 15.4 Å². The van der Waals surface area contributed by atoms with Gasteiger partial charge < -0.3 is 25.0 Å². The van der Waals surface area contributed by atoms with Crippen LogP contribution >= 0.6 is 11.6 Å². The summed E-state index contributed by atoms with van der Waals surface area (Å²) in [5.41, 5.74) is 1.31. The van der Waals surface area contributed by atoms with E-state index in [9.17, 15) is 27.5 Å². The van der Waals surface area contributed by atoms with E-state index in [1.54, 1.807) is 34.3 Å². The van der Waals surface area contributed by atoms with Gasteiger partial charge >= 0.3 is 6.18 Å². The summed E-state index contributed by atoms with van der Waals surface area (Å²) in [7, 11) is 0. The maximum atomic E-state index is 14.0. The van der Waals surface area contributed by atoms with Crippen LogP contribution in [0.5, 0.6) is 11.5 Å². The zero-order valence-corrected chi connectivity index (χ0v) is 19.1. The first-order valence-corrected chi connectivity index (χ1v) is 10.8. The summed E-state index contributed by atoms with van der Waals surface area (Å²) < 4.78 is 58.5. The number of nitrogens with one attached hydrogen (secondary N) is 2. The van der Waals surface area contributed by atoms with Gasteiger partial charge in [-0.25, -0.2) is 14.4 Å². The molecule has 0 aliphatic rings. The molecule has 0 spiro atoms. The van der Waals surface area contributed by atoms with Crippen molar-refractivity contribution in [2.45, 2.75) is 12.7 Å². The molecule has 2 aromatic heterocycles. The summed E-state index contributed by atoms with van der Waals surface area (Å²) in [4.78, 5) is 20.4. The van der Waals surface area contributed by atoms with Crippen LogP contribution in [0.15, 0.2) is 55.0 Å². The maximum Gasteiger partial charge on any atom is 0.405 e. The second-order valence-electron chi connectivity index (χ2n) is 7.50. The zero-order chi connectivity index (χ0) is 25.9. The fourth-order valence-electron chi connectivity index (χ4n) is 3.36. The molecule has 0 saturated carbocycles. The van der Waals surface area contributed by atoms with E-state index < -0.39 is 30.0 Å². The molecule has 0 atom stereocenters. The van der Waals surface area contributed by atoms with Crippen LogP contribution in [-0.2, 0) is 6.54 Å². The van der Waals surface area contributed by atoms with Crippen LogP contribution in [-0.4, -0.2) is 44.9 Å². The van der Waals surface area contributed by atoms with Gasteiger partial charge in [0.05, 0.1) is 22.7 Å². The Morgan fingerprint density at radius 3 is 2.67 bits per heavy atom. The van der Waals surface area contributed by atoms with E-state index in [0.29, 0.717) is 29.1 Å². The Morgan fingerprint density at radius 1 is 1.14 bits per heavy atom. The first kappa shape index (κ1) is 25.2. The molecule has 3 N–H and O–H groups in total. The van der Waals surface area contributed by atoms with Crippen molar-refractivity contribution < 1.29 is 32.2 Å². The van der Waals surface area contributed by atoms with Gasteiger partial charge in [-0.3, -0.25) is 4.79 Å². The third kappa shape index (κ3) is 5.83. The molecule has 0 bridgehead atoms. The van der Waals surface area contributed by atoms with E-state index in [1.165, 1.54) is 18.5 Å². The highest BCUT2D eigenvalue weighted by Crippen LogP contribution is 2.34. The van der Waals surface area contributed by atoms with Gasteiger partial charge in [-0.1, -0.05) is 11.6 Å². The number of benzene rings is 2. The van der Waals surface area contributed by atoms with E-state index in [1.807, 2.05) is 0 Å². The molecule has 36 heavy (non-hydrogen) atoms. The molecule has 0 unspecified atom stereocenters. The SMILES string of the molecule is O=C(NCC(F)(F)F)c1cc(Oc2ccc(Nc3ncnc4ccn(CCO)c34)cc2Cl)ccc1F. The van der Waals surface area contributed by atoms with E-state index in [0.717, 1.165) is 12.1 Å². The number of anilines is 2. The van der Waals surface area contributed by atoms with Crippen molar-refractivity contribution >= 4 is 40.0 Å². The Bertz CT molecular complexity index is 1410. The molecular formula is C23H18ClF4N5O3. The van der Waals surface area contributed by atoms with E-state index in [4.69, 9.17) is 16.3 Å². The number of fused-ring (bicyclic) bond motifs is 1. The standard InChI is InChI=1S/C23H18ClF4N5O3/c24-16-9-13(32-21-20-18(30-12-31-21)5-6-33(20)7-8-34)1-4-19(16)36-14-2-3-17(25)15(10-14)22(35)29-11-23(26,27)28/h1-6,9-10,12,34H,7-8,11H2,(H,29,35)(H,30,31,32). The molecule has 2 aromatic carbocycles. The number of amides is 1. The molecular weight excluding hydrogens is 506 g/mol. The average Bonchev–Trinajstić information content (AvgIpc) is 3.24. The van der Waals surface area contributed by atoms with Crippen molar-refractivity contribution in [2.75, 3.05) is 18.5 Å². The number of hydrogen-bond donors (Lipinski definition) is 3. The number of alkyl halides is 3. The Kier molecular flexibility index (Phi) is 7.27. The maximum absolute atomic E-state index is 14.0. The fraction of sp³-hybridized carbons (Fsp3) is 0.174. The van der Waals surface area contributed by atoms with Crippen LogP contribution in [0, 0.1) is 5.82 Å². The fourth-order valence-corrected chi connectivity index (χ4v) is 3.58. The molecule has 0 saturated heterocycles. The second kappa shape index (κ2) is 10.4. The van der Waals surface area contributed by atoms with Gasteiger partial charge in [0.1, 0.15) is 35.7 Å². The lowest BCUT2D eigenvalue weighted by atomic mass is 10.2. The summed E-state index contributed by atoms with van der Waals surface area (Å²) in [6.07, 6.45) is -1.46. The normalized spacial score (nSPS) is 11.5. The first-order chi connectivity index (χ1) is 17.1. The third-order valence-electron chi connectivity index (χ3n) is 4.95. The Balaban J connectivity index is 1.52. The van der Waals surface area contributed by atoms with E-state index >= 15 is 0 Å². The van der Waals surface area contributed by atoms with Crippen LogP contribution in [0.3, 0.4) is 0 Å². The molecule has 2 heterocycles. The smallest absolute Gasteiger partial charge is 0.405 e. The summed E-state index contributed by atoms with van der Waals surface area (Å²) in [5.74, 6) is -1.60. The van der Waals surface area contributed by atoms with Crippen molar-refractivity contribution in [3.63, 3.8) is 0 Å². The highest BCUT2D eigenvalue weighted by Gasteiger charge is 2.28. The van der Waals surface area contributed by atoms with Crippen molar-refractivity contribution in [3.8, 4) is 11.5 Å². The molecule has 188 valence electrons. The van der Waals surface area contributed by atoms with Gasteiger partial charge in [0.2, 0.25) is 0 Å². The number of nitrogens with zero attached hydrogens (tertiary/aromatic N) is 3. The number of halogens is 5. The van der Waals surface area contributed by atoms with E-state index in [2.05, 4.69) is 15.3 Å². The largest absolute Gasteiger partial charge is 0.456 e. The number of carbonyl (C=O) groups excluding carboxylic acids is 1. The molecule has 0 aliphatic heterocycles. The molecule has 4 rings (SSSR count). The molecule has 0 radical (unpaired) electrons. The third-order valence-corrected chi connectivity index (χ3v) is 5.24. The minimum absolute atomic E-state index is 0.00416. The number of hydrogen-bond acceptors (Lipinski definition) is 6. The lowest BCUT2D eigenvalue weighted by molar-refractivity contribution is -0.123. The number of carbonyl (C=O) groups is 1. The zero-order valence-electron chi connectivity index (χ0n) is 18.3. The van der Waals surface area contributed by atoms with Gasteiger partial charge in [-0.2, -0.15) is 13.2 Å². The van der Waals surface area contributed by atoms with Gasteiger partial charge in [0.15, 0.2) is 5.82 Å². The molecule has 4 aromatic rings. The molecule has 0 aliphatic carbocycles. The number of aliphatic hydroxyl groups excluding tert-OH is 1. The number of ether oxygens (including phenoxy) is 1. The average molecular weight is 524 g/mol. The van der Waals surface area contributed by atoms with Gasteiger partial charge in [-0.05, 0) is 42.5 Å². The molecule has 1 amide bonds.